The molecular formula is C24H34FNOS2. The summed E-state index contributed by atoms with van der Waals surface area (Å²) in [5, 5.41) is 0. The van der Waals surface area contributed by atoms with Gasteiger partial charge in [-0.15, -0.1) is 24.4 Å². The Morgan fingerprint density at radius 1 is 1.31 bits per heavy atom. The van der Waals surface area contributed by atoms with Crippen molar-refractivity contribution in [1.82, 2.24) is 4.90 Å². The molecule has 0 aliphatic carbocycles. The lowest BCUT2D eigenvalue weighted by Crippen LogP contribution is -2.47. The predicted molar refractivity (Wildman–Crippen MR) is 127 cm³/mol. The number of likely N-dealkylation sites (tertiary alicyclic amines) is 1. The summed E-state index contributed by atoms with van der Waals surface area (Å²) in [6, 6.07) is 6.71. The Labute approximate surface area is 185 Å². The van der Waals surface area contributed by atoms with E-state index < -0.39 is 0 Å². The van der Waals surface area contributed by atoms with Crippen LogP contribution in [0, 0.1) is 5.82 Å². The third kappa shape index (κ3) is 7.63. The van der Waals surface area contributed by atoms with Gasteiger partial charge in [0.05, 0.1) is 5.60 Å². The number of allylic oxidation sites excluding steroid dienone is 3. The van der Waals surface area contributed by atoms with Gasteiger partial charge in [-0.05, 0) is 68.0 Å². The summed E-state index contributed by atoms with van der Waals surface area (Å²) in [5.74, 6) is 0.701. The van der Waals surface area contributed by atoms with Crippen LogP contribution < -0.4 is 0 Å². The van der Waals surface area contributed by atoms with Crippen LogP contribution in [0.1, 0.15) is 39.5 Å². The number of rotatable bonds is 10. The van der Waals surface area contributed by atoms with Gasteiger partial charge in [-0.25, -0.2) is 4.39 Å². The molecule has 5 heteroatoms. The molecular weight excluding hydrogens is 401 g/mol. The van der Waals surface area contributed by atoms with Crippen molar-refractivity contribution in [3.8, 4) is 0 Å². The number of hydrogen-bond acceptors (Lipinski definition) is 4. The van der Waals surface area contributed by atoms with Crippen LogP contribution in [0.3, 0.4) is 0 Å². The van der Waals surface area contributed by atoms with E-state index in [9.17, 15) is 4.39 Å². The van der Waals surface area contributed by atoms with Crippen LogP contribution in [-0.4, -0.2) is 43.0 Å². The van der Waals surface area contributed by atoms with Crippen LogP contribution in [0.2, 0.25) is 0 Å². The number of thiol groups is 1. The van der Waals surface area contributed by atoms with Crippen LogP contribution >= 0.6 is 24.4 Å². The van der Waals surface area contributed by atoms with Crippen molar-refractivity contribution >= 4 is 24.4 Å². The quantitative estimate of drug-likeness (QED) is 0.255. The van der Waals surface area contributed by atoms with E-state index in [0.29, 0.717) is 0 Å². The van der Waals surface area contributed by atoms with E-state index in [0.717, 1.165) is 66.4 Å². The number of piperidine rings is 1. The van der Waals surface area contributed by atoms with Gasteiger partial charge >= 0.3 is 0 Å². The Bertz CT molecular complexity index is 719. The third-order valence-electron chi connectivity index (χ3n) is 5.67. The SMILES string of the molecule is C=C(CCN1CCC(CSc2ccc(F)cc2)(OC)CC1)/C(C)=C(S)/C=C\CC. The summed E-state index contributed by atoms with van der Waals surface area (Å²) in [4.78, 5) is 4.59. The van der Waals surface area contributed by atoms with Gasteiger partial charge in [0.1, 0.15) is 5.82 Å². The van der Waals surface area contributed by atoms with Crippen molar-refractivity contribution in [1.29, 1.82) is 0 Å². The van der Waals surface area contributed by atoms with E-state index in [4.69, 9.17) is 4.74 Å². The average molecular weight is 436 g/mol. The van der Waals surface area contributed by atoms with Crippen LogP contribution in [0.4, 0.5) is 4.39 Å². The van der Waals surface area contributed by atoms with Crippen molar-refractivity contribution in [3.63, 3.8) is 0 Å². The fraction of sp³-hybridized carbons (Fsp3) is 0.500. The highest BCUT2D eigenvalue weighted by Gasteiger charge is 2.34. The topological polar surface area (TPSA) is 12.5 Å². The Morgan fingerprint density at radius 3 is 2.55 bits per heavy atom. The van der Waals surface area contributed by atoms with Gasteiger partial charge in [-0.1, -0.05) is 25.7 Å². The van der Waals surface area contributed by atoms with Crippen molar-refractivity contribution in [2.75, 3.05) is 32.5 Å². The smallest absolute Gasteiger partial charge is 0.123 e. The highest BCUT2D eigenvalue weighted by atomic mass is 32.2. The predicted octanol–water partition coefficient (Wildman–Crippen LogP) is 6.52. The largest absolute Gasteiger partial charge is 0.377 e. The number of thioether (sulfide) groups is 1. The monoisotopic (exact) mass is 435 g/mol. The van der Waals surface area contributed by atoms with Crippen molar-refractivity contribution in [3.05, 3.63) is 64.9 Å². The summed E-state index contributed by atoms with van der Waals surface area (Å²) in [5.41, 5.74) is 2.23. The molecule has 2 nitrogen and oxygen atoms in total. The second-order valence-corrected chi connectivity index (χ2v) is 9.18. The number of nitrogens with zero attached hydrogens (tertiary/aromatic N) is 1. The van der Waals surface area contributed by atoms with Crippen LogP contribution in [0.15, 0.2) is 63.9 Å². The zero-order valence-electron chi connectivity index (χ0n) is 17.9. The zero-order chi connectivity index (χ0) is 21.3. The highest BCUT2D eigenvalue weighted by Crippen LogP contribution is 2.33. The van der Waals surface area contributed by atoms with Crippen LogP contribution in [-0.2, 0) is 4.74 Å². The molecule has 1 aromatic rings. The molecule has 1 fully saturated rings. The summed E-state index contributed by atoms with van der Waals surface area (Å²) in [6.07, 6.45) is 8.18. The van der Waals surface area contributed by atoms with E-state index in [1.165, 1.54) is 17.7 Å². The summed E-state index contributed by atoms with van der Waals surface area (Å²) >= 11 is 6.34. The first-order valence-corrected chi connectivity index (χ1v) is 11.7. The Kier molecular flexibility index (Phi) is 10.0. The maximum atomic E-state index is 13.1. The van der Waals surface area contributed by atoms with Crippen molar-refractivity contribution < 1.29 is 9.13 Å². The molecule has 1 aromatic carbocycles. The molecule has 0 saturated carbocycles. The van der Waals surface area contributed by atoms with Gasteiger partial charge in [-0.3, -0.25) is 0 Å². The van der Waals surface area contributed by atoms with E-state index in [-0.39, 0.29) is 11.4 Å². The first-order chi connectivity index (χ1) is 13.9. The second kappa shape index (κ2) is 12.0. The lowest BCUT2D eigenvalue weighted by molar-refractivity contribution is -0.0385. The molecule has 29 heavy (non-hydrogen) atoms. The number of hydrogen-bond donors (Lipinski definition) is 1. The molecule has 1 saturated heterocycles. The summed E-state index contributed by atoms with van der Waals surface area (Å²) < 4.78 is 19.0. The number of methoxy groups -OCH3 is 1. The molecule has 1 aliphatic heterocycles. The number of benzene rings is 1. The van der Waals surface area contributed by atoms with Crippen molar-refractivity contribution in [2.24, 2.45) is 0 Å². The normalized spacial score (nSPS) is 18.1. The first-order valence-electron chi connectivity index (χ1n) is 10.3. The molecule has 1 aliphatic rings. The molecule has 160 valence electrons. The minimum absolute atomic E-state index is 0.106. The molecule has 0 N–H and O–H groups in total. The summed E-state index contributed by atoms with van der Waals surface area (Å²) in [6.45, 7) is 11.5. The van der Waals surface area contributed by atoms with E-state index in [1.807, 2.05) is 19.2 Å². The van der Waals surface area contributed by atoms with Gasteiger partial charge in [0.25, 0.3) is 0 Å². The van der Waals surface area contributed by atoms with Gasteiger partial charge in [0.2, 0.25) is 0 Å². The highest BCUT2D eigenvalue weighted by molar-refractivity contribution is 7.99. The molecule has 0 unspecified atom stereocenters. The average Bonchev–Trinajstić information content (AvgIpc) is 2.75. The third-order valence-corrected chi connectivity index (χ3v) is 7.43. The lowest BCUT2D eigenvalue weighted by atomic mass is 9.92. The number of ether oxygens (including phenoxy) is 1. The minimum atomic E-state index is -0.192. The maximum absolute atomic E-state index is 13.1. The van der Waals surface area contributed by atoms with Gasteiger partial charge in [-0.2, -0.15) is 0 Å². The molecule has 0 radical (unpaired) electrons. The molecule has 0 atom stereocenters. The molecule has 0 amide bonds. The van der Waals surface area contributed by atoms with Crippen molar-refractivity contribution in [2.45, 2.75) is 50.0 Å². The Balaban J connectivity index is 1.81. The molecule has 0 aromatic heterocycles. The van der Waals surface area contributed by atoms with E-state index in [2.05, 4.69) is 50.1 Å². The fourth-order valence-electron chi connectivity index (χ4n) is 3.35. The minimum Gasteiger partial charge on any atom is -0.377 e. The van der Waals surface area contributed by atoms with Gasteiger partial charge in [0, 0.05) is 42.3 Å². The number of halogens is 1. The standard InChI is InChI=1S/C24H34FNOS2/c1-5-6-7-23(28)20(3)19(2)12-15-26-16-13-24(27-4,14-17-26)18-29-22-10-8-21(25)9-11-22/h6-11,28H,2,5,12-18H2,1,3-4H3/b7-6-,23-20-. The molecule has 0 spiro atoms. The lowest BCUT2D eigenvalue weighted by Gasteiger charge is -2.41. The Hall–Kier alpha value is -1.01. The summed E-state index contributed by atoms with van der Waals surface area (Å²) in [7, 11) is 1.81. The maximum Gasteiger partial charge on any atom is 0.123 e. The van der Waals surface area contributed by atoms with E-state index >= 15 is 0 Å². The molecule has 0 bridgehead atoms. The van der Waals surface area contributed by atoms with Gasteiger partial charge < -0.3 is 9.64 Å². The first kappa shape index (κ1) is 24.3. The second-order valence-electron chi connectivity index (χ2n) is 7.65. The van der Waals surface area contributed by atoms with Gasteiger partial charge in [0.15, 0.2) is 0 Å². The van der Waals surface area contributed by atoms with Crippen LogP contribution in [0.25, 0.3) is 0 Å². The fourth-order valence-corrected chi connectivity index (χ4v) is 4.78. The molecule has 2 rings (SSSR count). The van der Waals surface area contributed by atoms with Crippen LogP contribution in [0.5, 0.6) is 0 Å². The zero-order valence-corrected chi connectivity index (χ0v) is 19.6. The Morgan fingerprint density at radius 2 is 1.97 bits per heavy atom. The van der Waals surface area contributed by atoms with E-state index in [1.54, 1.807) is 11.8 Å². The molecule has 1 heterocycles.